The monoisotopic (exact) mass is 114 g/mol. The fourth-order valence-corrected chi connectivity index (χ4v) is 1.06. The Kier molecular flexibility index (Phi) is 2.34. The normalized spacial score (nSPS) is 31.9. The third kappa shape index (κ3) is 1.83. The van der Waals surface area contributed by atoms with Gasteiger partial charge in [0.15, 0.2) is 0 Å². The molecule has 0 saturated carbocycles. The molecule has 0 aromatic carbocycles. The Labute approximate surface area is 51.0 Å². The van der Waals surface area contributed by atoms with Crippen molar-refractivity contribution >= 4 is 0 Å². The lowest BCUT2D eigenvalue weighted by molar-refractivity contribution is 0.121. The molecule has 1 saturated heterocycles. The highest BCUT2D eigenvalue weighted by Crippen LogP contribution is 2.11. The van der Waals surface area contributed by atoms with Gasteiger partial charge in [0.2, 0.25) is 0 Å². The first-order valence-electron chi connectivity index (χ1n) is 3.47. The first-order chi connectivity index (χ1) is 3.89. The summed E-state index contributed by atoms with van der Waals surface area (Å²) in [5.41, 5.74) is 0. The van der Waals surface area contributed by atoms with Gasteiger partial charge in [-0.15, -0.1) is 0 Å². The van der Waals surface area contributed by atoms with Crippen LogP contribution in [0.4, 0.5) is 0 Å². The Balaban J connectivity index is 2.17. The predicted molar refractivity (Wildman–Crippen MR) is 33.8 cm³/mol. The molecule has 0 aromatic rings. The SMILES string of the molecule is C[C@H]1CCCCOC1. The van der Waals surface area contributed by atoms with E-state index in [1.165, 1.54) is 19.3 Å². The van der Waals surface area contributed by atoms with E-state index >= 15 is 0 Å². The molecule has 1 rings (SSSR count). The van der Waals surface area contributed by atoms with Crippen LogP contribution in [0.25, 0.3) is 0 Å². The number of ether oxygens (including phenoxy) is 1. The lowest BCUT2D eigenvalue weighted by Gasteiger charge is -2.03. The van der Waals surface area contributed by atoms with Gasteiger partial charge in [0.25, 0.3) is 0 Å². The second kappa shape index (κ2) is 3.08. The third-order valence-electron chi connectivity index (χ3n) is 1.64. The molecule has 0 spiro atoms. The molecule has 48 valence electrons. The van der Waals surface area contributed by atoms with Gasteiger partial charge in [0, 0.05) is 13.2 Å². The molecule has 0 N–H and O–H groups in total. The first kappa shape index (κ1) is 6.09. The summed E-state index contributed by atoms with van der Waals surface area (Å²) in [5.74, 6) is 0.803. The zero-order valence-corrected chi connectivity index (χ0v) is 5.52. The minimum atomic E-state index is 0.803. The van der Waals surface area contributed by atoms with Crippen LogP contribution in [0, 0.1) is 5.92 Å². The van der Waals surface area contributed by atoms with Crippen LogP contribution in [0.15, 0.2) is 0 Å². The van der Waals surface area contributed by atoms with E-state index < -0.39 is 0 Å². The van der Waals surface area contributed by atoms with Gasteiger partial charge in [0.05, 0.1) is 0 Å². The first-order valence-corrected chi connectivity index (χ1v) is 3.47. The van der Waals surface area contributed by atoms with Crippen molar-refractivity contribution in [3.63, 3.8) is 0 Å². The number of rotatable bonds is 0. The summed E-state index contributed by atoms with van der Waals surface area (Å²) >= 11 is 0. The van der Waals surface area contributed by atoms with E-state index in [1.54, 1.807) is 0 Å². The average Bonchev–Trinajstić information content (AvgIpc) is 1.94. The van der Waals surface area contributed by atoms with Gasteiger partial charge in [0.1, 0.15) is 0 Å². The summed E-state index contributed by atoms with van der Waals surface area (Å²) in [6.45, 7) is 4.23. The van der Waals surface area contributed by atoms with E-state index in [1.807, 2.05) is 0 Å². The van der Waals surface area contributed by atoms with E-state index in [4.69, 9.17) is 4.74 Å². The van der Waals surface area contributed by atoms with Crippen molar-refractivity contribution in [3.8, 4) is 0 Å². The Bertz CT molecular complexity index is 53.4. The second-order valence-electron chi connectivity index (χ2n) is 2.68. The van der Waals surface area contributed by atoms with Gasteiger partial charge in [-0.25, -0.2) is 0 Å². The number of hydrogen-bond acceptors (Lipinski definition) is 1. The smallest absolute Gasteiger partial charge is 0.0491 e. The molecule has 0 radical (unpaired) electrons. The molecule has 1 nitrogen and oxygen atoms in total. The molecule has 1 heterocycles. The highest BCUT2D eigenvalue weighted by Gasteiger charge is 2.05. The molecule has 1 atom stereocenters. The van der Waals surface area contributed by atoms with Gasteiger partial charge in [-0.2, -0.15) is 0 Å². The molecular weight excluding hydrogens is 100 g/mol. The summed E-state index contributed by atoms with van der Waals surface area (Å²) in [7, 11) is 0. The third-order valence-corrected chi connectivity index (χ3v) is 1.64. The Hall–Kier alpha value is -0.0400. The highest BCUT2D eigenvalue weighted by molar-refractivity contribution is 4.55. The standard InChI is InChI=1S/C7H14O/c1-7-4-2-3-5-8-6-7/h7H,2-6H2,1H3/t7-/m0/s1. The summed E-state index contributed by atoms with van der Waals surface area (Å²) in [6, 6.07) is 0. The van der Waals surface area contributed by atoms with Gasteiger partial charge in [-0.1, -0.05) is 13.3 Å². The molecule has 1 aliphatic rings. The van der Waals surface area contributed by atoms with Gasteiger partial charge in [-0.3, -0.25) is 0 Å². The van der Waals surface area contributed by atoms with Crippen molar-refractivity contribution in [3.05, 3.63) is 0 Å². The Morgan fingerprint density at radius 1 is 1.38 bits per heavy atom. The van der Waals surface area contributed by atoms with Gasteiger partial charge >= 0.3 is 0 Å². The molecule has 0 amide bonds. The quantitative estimate of drug-likeness (QED) is 0.466. The fraction of sp³-hybridized carbons (Fsp3) is 1.00. The van der Waals surface area contributed by atoms with E-state index in [2.05, 4.69) is 6.92 Å². The highest BCUT2D eigenvalue weighted by atomic mass is 16.5. The minimum absolute atomic E-state index is 0.803. The Morgan fingerprint density at radius 2 is 2.25 bits per heavy atom. The average molecular weight is 114 g/mol. The van der Waals surface area contributed by atoms with Crippen molar-refractivity contribution < 1.29 is 4.74 Å². The van der Waals surface area contributed by atoms with Crippen LogP contribution < -0.4 is 0 Å². The van der Waals surface area contributed by atoms with Crippen LogP contribution in [0.5, 0.6) is 0 Å². The zero-order chi connectivity index (χ0) is 5.82. The molecule has 1 fully saturated rings. The lowest BCUT2D eigenvalue weighted by atomic mass is 10.1. The van der Waals surface area contributed by atoms with Crippen LogP contribution >= 0.6 is 0 Å². The van der Waals surface area contributed by atoms with E-state index in [0.29, 0.717) is 0 Å². The van der Waals surface area contributed by atoms with Crippen molar-refractivity contribution in [2.45, 2.75) is 26.2 Å². The van der Waals surface area contributed by atoms with Crippen molar-refractivity contribution in [1.82, 2.24) is 0 Å². The molecule has 0 unspecified atom stereocenters. The van der Waals surface area contributed by atoms with Crippen molar-refractivity contribution in [1.29, 1.82) is 0 Å². The maximum absolute atomic E-state index is 5.31. The zero-order valence-electron chi connectivity index (χ0n) is 5.52. The molecular formula is C7H14O. The topological polar surface area (TPSA) is 9.23 Å². The molecule has 0 aromatic heterocycles. The lowest BCUT2D eigenvalue weighted by Crippen LogP contribution is -2.00. The van der Waals surface area contributed by atoms with E-state index in [-0.39, 0.29) is 0 Å². The van der Waals surface area contributed by atoms with Crippen molar-refractivity contribution in [2.75, 3.05) is 13.2 Å². The summed E-state index contributed by atoms with van der Waals surface area (Å²) in [4.78, 5) is 0. The fourth-order valence-electron chi connectivity index (χ4n) is 1.06. The van der Waals surface area contributed by atoms with Crippen molar-refractivity contribution in [2.24, 2.45) is 5.92 Å². The maximum atomic E-state index is 5.31. The van der Waals surface area contributed by atoms with Crippen LogP contribution in [0.1, 0.15) is 26.2 Å². The summed E-state index contributed by atoms with van der Waals surface area (Å²) < 4.78 is 5.31. The summed E-state index contributed by atoms with van der Waals surface area (Å²) in [5, 5.41) is 0. The number of hydrogen-bond donors (Lipinski definition) is 0. The molecule has 8 heavy (non-hydrogen) atoms. The molecule has 0 bridgehead atoms. The molecule has 1 heteroatoms. The van der Waals surface area contributed by atoms with Crippen LogP contribution in [0.2, 0.25) is 0 Å². The maximum Gasteiger partial charge on any atom is 0.0491 e. The largest absolute Gasteiger partial charge is 0.381 e. The Morgan fingerprint density at radius 3 is 3.12 bits per heavy atom. The van der Waals surface area contributed by atoms with E-state index in [0.717, 1.165) is 19.1 Å². The minimum Gasteiger partial charge on any atom is -0.381 e. The molecule has 1 aliphatic heterocycles. The summed E-state index contributed by atoms with van der Waals surface area (Å²) in [6.07, 6.45) is 3.99. The predicted octanol–water partition coefficient (Wildman–Crippen LogP) is 1.82. The van der Waals surface area contributed by atoms with Crippen LogP contribution in [-0.2, 0) is 4.74 Å². The second-order valence-corrected chi connectivity index (χ2v) is 2.68. The molecule has 0 aliphatic carbocycles. The van der Waals surface area contributed by atoms with E-state index in [9.17, 15) is 0 Å². The van der Waals surface area contributed by atoms with Crippen LogP contribution in [-0.4, -0.2) is 13.2 Å². The van der Waals surface area contributed by atoms with Gasteiger partial charge in [-0.05, 0) is 18.8 Å². The van der Waals surface area contributed by atoms with Crippen LogP contribution in [0.3, 0.4) is 0 Å². The van der Waals surface area contributed by atoms with Gasteiger partial charge < -0.3 is 4.74 Å².